The molecule has 4 nitrogen and oxygen atoms in total. The second-order valence-corrected chi connectivity index (χ2v) is 5.55. The standard InChI is InChI=1S/C15H22N2O2/c1-16-7-8-17(14-5-3-2-4-13(14)16)10-12-11-19-9-6-15(12)18/h2-5,12,15,18H,6-11H2,1H3. The van der Waals surface area contributed by atoms with Crippen LogP contribution in [0.15, 0.2) is 24.3 Å². The zero-order valence-corrected chi connectivity index (χ0v) is 11.5. The molecule has 0 radical (unpaired) electrons. The maximum Gasteiger partial charge on any atom is 0.0629 e. The molecule has 104 valence electrons. The normalized spacial score (nSPS) is 27.3. The Hall–Kier alpha value is -1.26. The molecule has 0 amide bonds. The third kappa shape index (κ3) is 2.55. The van der Waals surface area contributed by atoms with Gasteiger partial charge < -0.3 is 19.6 Å². The second kappa shape index (κ2) is 5.39. The number of hydrogen-bond donors (Lipinski definition) is 1. The summed E-state index contributed by atoms with van der Waals surface area (Å²) in [6, 6.07) is 8.49. The van der Waals surface area contributed by atoms with E-state index in [0.717, 1.165) is 26.1 Å². The van der Waals surface area contributed by atoms with Gasteiger partial charge in [-0.1, -0.05) is 12.1 Å². The van der Waals surface area contributed by atoms with E-state index in [1.807, 2.05) is 0 Å². The van der Waals surface area contributed by atoms with Crippen molar-refractivity contribution in [3.8, 4) is 0 Å². The zero-order valence-electron chi connectivity index (χ0n) is 11.5. The minimum absolute atomic E-state index is 0.222. The van der Waals surface area contributed by atoms with E-state index >= 15 is 0 Å². The first-order valence-corrected chi connectivity index (χ1v) is 7.06. The third-order valence-corrected chi connectivity index (χ3v) is 4.23. The van der Waals surface area contributed by atoms with Gasteiger partial charge in [-0.15, -0.1) is 0 Å². The van der Waals surface area contributed by atoms with Gasteiger partial charge in [0.05, 0.1) is 24.1 Å². The smallest absolute Gasteiger partial charge is 0.0629 e. The number of aliphatic hydroxyl groups is 1. The van der Waals surface area contributed by atoms with Crippen LogP contribution in [-0.2, 0) is 4.74 Å². The summed E-state index contributed by atoms with van der Waals surface area (Å²) in [5.41, 5.74) is 2.55. The first-order chi connectivity index (χ1) is 9.25. The summed E-state index contributed by atoms with van der Waals surface area (Å²) in [6.45, 7) is 4.29. The molecule has 4 heteroatoms. The fourth-order valence-electron chi connectivity index (χ4n) is 3.00. The number of anilines is 2. The Kier molecular flexibility index (Phi) is 3.62. The fraction of sp³-hybridized carbons (Fsp3) is 0.600. The SMILES string of the molecule is CN1CCN(CC2COCCC2O)c2ccccc21. The number of rotatable bonds is 2. The number of fused-ring (bicyclic) bond motifs is 1. The number of aliphatic hydroxyl groups excluding tert-OH is 1. The maximum absolute atomic E-state index is 10.1. The Balaban J connectivity index is 1.77. The lowest BCUT2D eigenvalue weighted by Gasteiger charge is -2.40. The van der Waals surface area contributed by atoms with Crippen LogP contribution in [-0.4, -0.2) is 51.1 Å². The second-order valence-electron chi connectivity index (χ2n) is 5.55. The molecular weight excluding hydrogens is 240 g/mol. The van der Waals surface area contributed by atoms with Crippen molar-refractivity contribution < 1.29 is 9.84 Å². The zero-order chi connectivity index (χ0) is 13.2. The van der Waals surface area contributed by atoms with Gasteiger partial charge in [-0.2, -0.15) is 0 Å². The van der Waals surface area contributed by atoms with E-state index < -0.39 is 0 Å². The molecule has 1 fully saturated rings. The lowest BCUT2D eigenvalue weighted by atomic mass is 9.97. The lowest BCUT2D eigenvalue weighted by molar-refractivity contribution is -0.0323. The number of nitrogens with zero attached hydrogens (tertiary/aromatic N) is 2. The average Bonchev–Trinajstić information content (AvgIpc) is 2.44. The van der Waals surface area contributed by atoms with E-state index in [9.17, 15) is 5.11 Å². The molecule has 0 saturated carbocycles. The summed E-state index contributed by atoms with van der Waals surface area (Å²) < 4.78 is 5.51. The monoisotopic (exact) mass is 262 g/mol. The Labute approximate surface area is 114 Å². The van der Waals surface area contributed by atoms with Crippen molar-refractivity contribution >= 4 is 11.4 Å². The van der Waals surface area contributed by atoms with Crippen molar-refractivity contribution in [1.29, 1.82) is 0 Å². The quantitative estimate of drug-likeness (QED) is 0.872. The highest BCUT2D eigenvalue weighted by molar-refractivity contribution is 5.73. The van der Waals surface area contributed by atoms with Crippen molar-refractivity contribution in [3.05, 3.63) is 24.3 Å². The van der Waals surface area contributed by atoms with E-state index in [0.29, 0.717) is 13.2 Å². The number of hydrogen-bond acceptors (Lipinski definition) is 4. The van der Waals surface area contributed by atoms with E-state index in [-0.39, 0.29) is 12.0 Å². The molecule has 19 heavy (non-hydrogen) atoms. The van der Waals surface area contributed by atoms with Crippen LogP contribution in [0, 0.1) is 5.92 Å². The molecule has 0 aromatic heterocycles. The maximum atomic E-state index is 10.1. The van der Waals surface area contributed by atoms with Gasteiger partial charge >= 0.3 is 0 Å². The van der Waals surface area contributed by atoms with Crippen molar-refractivity contribution in [2.75, 3.05) is 49.7 Å². The fourth-order valence-corrected chi connectivity index (χ4v) is 3.00. The van der Waals surface area contributed by atoms with Crippen LogP contribution < -0.4 is 9.80 Å². The predicted molar refractivity (Wildman–Crippen MR) is 76.9 cm³/mol. The Bertz CT molecular complexity index is 438. The summed E-state index contributed by atoms with van der Waals surface area (Å²) in [6.07, 6.45) is 0.542. The molecule has 0 bridgehead atoms. The van der Waals surface area contributed by atoms with E-state index in [1.165, 1.54) is 11.4 Å². The van der Waals surface area contributed by atoms with Gasteiger partial charge in [0.15, 0.2) is 0 Å². The molecule has 3 rings (SSSR count). The van der Waals surface area contributed by atoms with Crippen LogP contribution >= 0.6 is 0 Å². The highest BCUT2D eigenvalue weighted by Crippen LogP contribution is 2.32. The highest BCUT2D eigenvalue weighted by Gasteiger charge is 2.28. The molecular formula is C15H22N2O2. The Morgan fingerprint density at radius 1 is 1.26 bits per heavy atom. The van der Waals surface area contributed by atoms with Gasteiger partial charge in [0.2, 0.25) is 0 Å². The first kappa shape index (κ1) is 12.8. The van der Waals surface area contributed by atoms with Crippen LogP contribution in [0.3, 0.4) is 0 Å². The van der Waals surface area contributed by atoms with Gasteiger partial charge in [-0.25, -0.2) is 0 Å². The van der Waals surface area contributed by atoms with Gasteiger partial charge in [-0.05, 0) is 18.6 Å². The van der Waals surface area contributed by atoms with Gasteiger partial charge in [0, 0.05) is 39.2 Å². The molecule has 1 N–H and O–H groups in total. The molecule has 1 saturated heterocycles. The van der Waals surface area contributed by atoms with Crippen LogP contribution in [0.5, 0.6) is 0 Å². The largest absolute Gasteiger partial charge is 0.393 e. The molecule has 2 atom stereocenters. The highest BCUT2D eigenvalue weighted by atomic mass is 16.5. The Morgan fingerprint density at radius 3 is 2.84 bits per heavy atom. The molecule has 2 aliphatic rings. The molecule has 1 aromatic carbocycles. The van der Waals surface area contributed by atoms with E-state index in [4.69, 9.17) is 4.74 Å². The summed E-state index contributed by atoms with van der Waals surface area (Å²) in [7, 11) is 2.13. The first-order valence-electron chi connectivity index (χ1n) is 7.06. The molecule has 2 unspecified atom stereocenters. The van der Waals surface area contributed by atoms with Gasteiger partial charge in [-0.3, -0.25) is 0 Å². The number of likely N-dealkylation sites (N-methyl/N-ethyl adjacent to an activating group) is 1. The van der Waals surface area contributed by atoms with Crippen molar-refractivity contribution in [2.24, 2.45) is 5.92 Å². The van der Waals surface area contributed by atoms with E-state index in [2.05, 4.69) is 41.1 Å². The molecule has 0 aliphatic carbocycles. The summed E-state index contributed by atoms with van der Waals surface area (Å²) in [5.74, 6) is 0.227. The predicted octanol–water partition coefficient (Wildman–Crippen LogP) is 1.34. The lowest BCUT2D eigenvalue weighted by Crippen LogP contribution is -2.46. The molecule has 2 heterocycles. The van der Waals surface area contributed by atoms with Crippen LogP contribution in [0.4, 0.5) is 11.4 Å². The summed E-state index contributed by atoms with van der Waals surface area (Å²) in [4.78, 5) is 4.68. The van der Waals surface area contributed by atoms with Crippen molar-refractivity contribution in [2.45, 2.75) is 12.5 Å². The molecule has 2 aliphatic heterocycles. The van der Waals surface area contributed by atoms with Crippen molar-refractivity contribution in [1.82, 2.24) is 0 Å². The number of benzene rings is 1. The Morgan fingerprint density at radius 2 is 2.05 bits per heavy atom. The van der Waals surface area contributed by atoms with Crippen molar-refractivity contribution in [3.63, 3.8) is 0 Å². The summed E-state index contributed by atoms with van der Waals surface area (Å²) in [5, 5.41) is 10.1. The van der Waals surface area contributed by atoms with Crippen LogP contribution in [0.2, 0.25) is 0 Å². The van der Waals surface area contributed by atoms with Crippen LogP contribution in [0.1, 0.15) is 6.42 Å². The minimum Gasteiger partial charge on any atom is -0.393 e. The summed E-state index contributed by atoms with van der Waals surface area (Å²) >= 11 is 0. The van der Waals surface area contributed by atoms with E-state index in [1.54, 1.807) is 0 Å². The third-order valence-electron chi connectivity index (χ3n) is 4.23. The van der Waals surface area contributed by atoms with Crippen LogP contribution in [0.25, 0.3) is 0 Å². The number of ether oxygens (including phenoxy) is 1. The molecule has 1 aromatic rings. The number of para-hydroxylation sites is 2. The van der Waals surface area contributed by atoms with Gasteiger partial charge in [0.1, 0.15) is 0 Å². The average molecular weight is 262 g/mol. The topological polar surface area (TPSA) is 35.9 Å². The molecule has 0 spiro atoms. The van der Waals surface area contributed by atoms with Gasteiger partial charge in [0.25, 0.3) is 0 Å². The minimum atomic E-state index is -0.222.